The van der Waals surface area contributed by atoms with Crippen LogP contribution in [-0.4, -0.2) is 86.5 Å². The molecule has 3 bridgehead atoms. The molecular weight excluding hydrogens is 592 g/mol. The number of ketones is 1. The van der Waals surface area contributed by atoms with Gasteiger partial charge in [0.25, 0.3) is 0 Å². The minimum Gasteiger partial charge on any atom is -0.459 e. The third-order valence-corrected chi connectivity index (χ3v) is 11.6. The molecule has 10 heteroatoms. The summed E-state index contributed by atoms with van der Waals surface area (Å²) in [4.78, 5) is 26.3. The summed E-state index contributed by atoms with van der Waals surface area (Å²) < 4.78 is 32.6. The summed E-state index contributed by atoms with van der Waals surface area (Å²) in [6, 6.07) is 0. The molecule has 3 heterocycles. The number of ether oxygens (including phenoxy) is 5. The molecule has 3 aliphatic heterocycles. The van der Waals surface area contributed by atoms with Crippen LogP contribution in [0.15, 0.2) is 48.1 Å². The normalized spacial score (nSPS) is 46.7. The lowest BCUT2D eigenvalue weighted by atomic mass is 9.53. The number of esters is 1. The van der Waals surface area contributed by atoms with Crippen LogP contribution < -0.4 is 0 Å². The lowest BCUT2D eigenvalue weighted by molar-refractivity contribution is -0.407. The number of fused-ring (bicyclic) bond motifs is 3. The highest BCUT2D eigenvalue weighted by atomic mass is 16.9. The Morgan fingerprint density at radius 2 is 1.76 bits per heavy atom. The number of epoxide rings is 1. The number of aliphatic hydroxyl groups is 3. The van der Waals surface area contributed by atoms with Crippen molar-refractivity contribution in [2.45, 2.75) is 139 Å². The second-order valence-corrected chi connectivity index (χ2v) is 14.4. The van der Waals surface area contributed by atoms with Crippen LogP contribution in [0.1, 0.15) is 86.0 Å². The van der Waals surface area contributed by atoms with E-state index in [4.69, 9.17) is 23.7 Å². The van der Waals surface area contributed by atoms with Crippen molar-refractivity contribution < 1.29 is 48.6 Å². The molecule has 0 radical (unpaired) electrons. The number of hydrogen-bond donors (Lipinski definition) is 3. The van der Waals surface area contributed by atoms with E-state index >= 15 is 0 Å². The minimum absolute atomic E-state index is 0.251. The number of allylic oxidation sites excluding steroid dienone is 3. The summed E-state index contributed by atoms with van der Waals surface area (Å²) in [5.74, 6) is -5.58. The van der Waals surface area contributed by atoms with Crippen LogP contribution in [-0.2, 0) is 33.3 Å². The Hall–Kier alpha value is -2.18. The summed E-state index contributed by atoms with van der Waals surface area (Å²) in [5, 5.41) is 34.6. The highest BCUT2D eigenvalue weighted by Gasteiger charge is 2.90. The lowest BCUT2D eigenvalue weighted by Crippen LogP contribution is -2.76. The number of unbranched alkanes of at least 4 members (excludes halogenated alkanes) is 7. The summed E-state index contributed by atoms with van der Waals surface area (Å²) >= 11 is 0. The molecule has 12 atom stereocenters. The first-order chi connectivity index (χ1) is 21.8. The fraction of sp³-hybridized carbons (Fsp3) is 0.722. The molecule has 3 aliphatic carbocycles. The molecule has 10 nitrogen and oxygen atoms in total. The van der Waals surface area contributed by atoms with Crippen LogP contribution in [0.2, 0.25) is 0 Å². The summed E-state index contributed by atoms with van der Waals surface area (Å²) in [7, 11) is 0. The standard InChI is InChI=1S/C36H50O10/c1-7-8-9-10-11-12-13-14-15-16-17-18-33-44-30-26-29-32(20-37,43-29)31(40)34(41)25(19-22(4)27(34)39)36(26,46-33)23(5)28(42-24(6)38)35(30,45-33)21(2)3/h15-19,23,25-26,28-31,37,40-41H,2,7-14,20H2,1,3-6H3/b16-15+,18-17-/t23-,25-,26+,28-,29+,30-,31-,32+,33-,34-,35+,36+/m1/s1. The number of rotatable bonds is 13. The van der Waals surface area contributed by atoms with Crippen LogP contribution in [0, 0.1) is 17.8 Å². The largest absolute Gasteiger partial charge is 0.459 e. The molecule has 0 aromatic rings. The fourth-order valence-corrected chi connectivity index (χ4v) is 9.37. The van der Waals surface area contributed by atoms with Gasteiger partial charge in [-0.2, -0.15) is 0 Å². The maximum absolute atomic E-state index is 13.7. The van der Waals surface area contributed by atoms with E-state index in [1.54, 1.807) is 32.1 Å². The van der Waals surface area contributed by atoms with Crippen LogP contribution in [0.3, 0.4) is 0 Å². The zero-order chi connectivity index (χ0) is 33.3. The summed E-state index contributed by atoms with van der Waals surface area (Å²) in [5.41, 5.74) is -6.13. The van der Waals surface area contributed by atoms with Crippen molar-refractivity contribution in [3.63, 3.8) is 0 Å². The molecule has 3 N–H and O–H groups in total. The predicted molar refractivity (Wildman–Crippen MR) is 167 cm³/mol. The smallest absolute Gasteiger partial charge is 0.307 e. The molecule has 254 valence electrons. The number of carbonyl (C=O) groups is 2. The van der Waals surface area contributed by atoms with Crippen molar-refractivity contribution in [3.05, 3.63) is 48.1 Å². The van der Waals surface area contributed by atoms with Gasteiger partial charge >= 0.3 is 11.9 Å². The quantitative estimate of drug-likeness (QED) is 0.0888. The summed E-state index contributed by atoms with van der Waals surface area (Å²) in [6.45, 7) is 12.3. The highest BCUT2D eigenvalue weighted by molar-refractivity contribution is 6.05. The number of aliphatic hydroxyl groups excluding tert-OH is 2. The second kappa shape index (κ2) is 11.8. The average molecular weight is 643 g/mol. The fourth-order valence-electron chi connectivity index (χ4n) is 9.37. The Kier molecular flexibility index (Phi) is 8.61. The molecule has 0 aromatic carbocycles. The van der Waals surface area contributed by atoms with Gasteiger partial charge in [-0.05, 0) is 37.8 Å². The SMILES string of the molecule is C=C(C)[C@@]12O[C@@]3(/C=C\C=C\CCCCCCCCC)O[C@@H]1[C@@H]1[C@@H]4O[C@]4(CO)[C@@H](O)[C@]4(O)C(=O)C(C)=C[C@H]4[C@@]1(O3)[C@H](C)[C@H]2OC(C)=O. The van der Waals surface area contributed by atoms with E-state index in [0.717, 1.165) is 12.8 Å². The molecular formula is C36H50O10. The van der Waals surface area contributed by atoms with Crippen molar-refractivity contribution in [2.75, 3.05) is 6.61 Å². The maximum atomic E-state index is 13.7. The van der Waals surface area contributed by atoms with E-state index in [1.165, 1.54) is 45.4 Å². The van der Waals surface area contributed by atoms with E-state index in [2.05, 4.69) is 19.6 Å². The second-order valence-electron chi connectivity index (χ2n) is 14.4. The Bertz CT molecular complexity index is 1350. The number of Topliss-reactive ketones (excluding diaryl/α,β-unsaturated/α-hetero) is 1. The first kappa shape index (κ1) is 33.7. The molecule has 6 aliphatic rings. The van der Waals surface area contributed by atoms with Crippen molar-refractivity contribution in [3.8, 4) is 0 Å². The molecule has 46 heavy (non-hydrogen) atoms. The molecule has 0 unspecified atom stereocenters. The minimum atomic E-state index is -2.38. The van der Waals surface area contributed by atoms with E-state index in [-0.39, 0.29) is 5.57 Å². The summed E-state index contributed by atoms with van der Waals surface area (Å²) in [6.07, 6.45) is 14.1. The van der Waals surface area contributed by atoms with Gasteiger partial charge in [0.15, 0.2) is 17.0 Å². The van der Waals surface area contributed by atoms with Gasteiger partial charge in [-0.3, -0.25) is 9.59 Å². The zero-order valence-corrected chi connectivity index (χ0v) is 27.7. The van der Waals surface area contributed by atoms with E-state index in [1.807, 2.05) is 13.0 Å². The van der Waals surface area contributed by atoms with E-state index in [0.29, 0.717) is 5.57 Å². The van der Waals surface area contributed by atoms with Gasteiger partial charge < -0.3 is 39.0 Å². The maximum Gasteiger partial charge on any atom is 0.307 e. The number of hydrogen-bond acceptors (Lipinski definition) is 10. The van der Waals surface area contributed by atoms with Crippen LogP contribution in [0.25, 0.3) is 0 Å². The molecule has 0 amide bonds. The van der Waals surface area contributed by atoms with E-state index < -0.39 is 88.9 Å². The Morgan fingerprint density at radius 3 is 2.41 bits per heavy atom. The van der Waals surface area contributed by atoms with Crippen LogP contribution in [0.4, 0.5) is 0 Å². The van der Waals surface area contributed by atoms with Gasteiger partial charge in [-0.25, -0.2) is 0 Å². The Balaban J connectivity index is 1.39. The molecule has 0 spiro atoms. The van der Waals surface area contributed by atoms with Gasteiger partial charge in [0.2, 0.25) is 0 Å². The Labute approximate surface area is 271 Å². The van der Waals surface area contributed by atoms with Crippen molar-refractivity contribution in [1.82, 2.24) is 0 Å². The Morgan fingerprint density at radius 1 is 1.07 bits per heavy atom. The zero-order valence-electron chi connectivity index (χ0n) is 27.7. The van der Waals surface area contributed by atoms with Gasteiger partial charge in [0, 0.05) is 30.8 Å². The topological polar surface area (TPSA) is 144 Å². The van der Waals surface area contributed by atoms with Crippen molar-refractivity contribution >= 4 is 11.8 Å². The first-order valence-corrected chi connectivity index (χ1v) is 17.0. The average Bonchev–Trinajstić information content (AvgIpc) is 3.64. The molecule has 3 saturated heterocycles. The van der Waals surface area contributed by atoms with Crippen molar-refractivity contribution in [1.29, 1.82) is 0 Å². The predicted octanol–water partition coefficient (Wildman–Crippen LogP) is 3.97. The van der Waals surface area contributed by atoms with Crippen LogP contribution in [0.5, 0.6) is 0 Å². The third-order valence-electron chi connectivity index (χ3n) is 11.6. The molecule has 0 aromatic heterocycles. The number of carbonyl (C=O) groups excluding carboxylic acids is 2. The molecule has 2 saturated carbocycles. The molecule has 6 rings (SSSR count). The van der Waals surface area contributed by atoms with Gasteiger partial charge in [0.05, 0.1) is 12.2 Å². The lowest BCUT2D eigenvalue weighted by Gasteiger charge is -2.61. The van der Waals surface area contributed by atoms with Crippen LogP contribution >= 0.6 is 0 Å². The van der Waals surface area contributed by atoms with E-state index in [9.17, 15) is 24.9 Å². The molecule has 5 fully saturated rings. The third kappa shape index (κ3) is 4.47. The van der Waals surface area contributed by atoms with Crippen molar-refractivity contribution in [2.24, 2.45) is 17.8 Å². The van der Waals surface area contributed by atoms with Gasteiger partial charge in [0.1, 0.15) is 30.0 Å². The monoisotopic (exact) mass is 642 g/mol. The van der Waals surface area contributed by atoms with Gasteiger partial charge in [-0.15, -0.1) is 0 Å². The highest BCUT2D eigenvalue weighted by Crippen LogP contribution is 2.73. The first-order valence-electron chi connectivity index (χ1n) is 17.0. The van der Waals surface area contributed by atoms with Gasteiger partial charge in [-0.1, -0.05) is 83.3 Å².